The fourth-order valence-corrected chi connectivity index (χ4v) is 11.9. The number of aliphatic carboxylic acids is 1. The molecule has 6 fully saturated rings. The first-order valence-corrected chi connectivity index (χ1v) is 22.5. The Balaban J connectivity index is 0.000000143. The van der Waals surface area contributed by atoms with E-state index in [1.807, 2.05) is 11.5 Å². The van der Waals surface area contributed by atoms with E-state index in [9.17, 15) is 19.1 Å². The number of fused-ring (bicyclic) bond motifs is 10. The summed E-state index contributed by atoms with van der Waals surface area (Å²) >= 11 is 12.3. The van der Waals surface area contributed by atoms with Gasteiger partial charge in [0.15, 0.2) is 23.3 Å². The topological polar surface area (TPSA) is 182 Å². The van der Waals surface area contributed by atoms with Crippen LogP contribution in [0.5, 0.6) is 0 Å². The van der Waals surface area contributed by atoms with Crippen molar-refractivity contribution >= 4 is 79.3 Å². The van der Waals surface area contributed by atoms with E-state index in [1.165, 1.54) is 24.8 Å². The number of H-pyrrole nitrogens is 2. The van der Waals surface area contributed by atoms with E-state index in [4.69, 9.17) is 37.9 Å². The highest BCUT2D eigenvalue weighted by molar-refractivity contribution is 6.31. The molecule has 14 nitrogen and oxygen atoms in total. The minimum Gasteiger partial charge on any atom is -0.481 e. The molecule has 18 heteroatoms. The Bertz CT molecular complexity index is 3130. The second-order valence-corrected chi connectivity index (χ2v) is 18.5. The summed E-state index contributed by atoms with van der Waals surface area (Å²) in [6.45, 7) is 2.16. The average molecular weight is 908 g/mol. The van der Waals surface area contributed by atoms with Gasteiger partial charge in [0.05, 0.1) is 51.3 Å². The van der Waals surface area contributed by atoms with E-state index in [0.717, 1.165) is 67.7 Å². The van der Waals surface area contributed by atoms with Gasteiger partial charge in [-0.05, 0) is 94.1 Å². The van der Waals surface area contributed by atoms with Crippen molar-refractivity contribution in [3.63, 3.8) is 0 Å². The Hall–Kier alpha value is -6.00. The quantitative estimate of drug-likeness (QED) is 0.130. The maximum Gasteiger partial charge on any atom is 0.311 e. The fraction of sp³-hybridized carbons (Fsp3) is 0.391. The number of aromatic nitrogens is 10. The van der Waals surface area contributed by atoms with Crippen LogP contribution in [0.4, 0.5) is 8.78 Å². The van der Waals surface area contributed by atoms with Gasteiger partial charge in [-0.25, -0.2) is 38.7 Å². The third-order valence-corrected chi connectivity index (χ3v) is 14.8. The van der Waals surface area contributed by atoms with Crippen molar-refractivity contribution in [1.29, 1.82) is 0 Å². The van der Waals surface area contributed by atoms with E-state index in [0.29, 0.717) is 67.2 Å². The van der Waals surface area contributed by atoms with Gasteiger partial charge in [0.25, 0.3) is 0 Å². The summed E-state index contributed by atoms with van der Waals surface area (Å²) in [4.78, 5) is 58.2. The number of rotatable bonds is 7. The van der Waals surface area contributed by atoms with Crippen LogP contribution in [0.2, 0.25) is 10.0 Å². The summed E-state index contributed by atoms with van der Waals surface area (Å²) in [7, 11) is 0. The lowest BCUT2D eigenvalue weighted by Crippen LogP contribution is -2.45. The van der Waals surface area contributed by atoms with E-state index in [1.54, 1.807) is 41.5 Å². The van der Waals surface area contributed by atoms with Crippen molar-refractivity contribution in [2.45, 2.75) is 70.4 Å². The molecule has 14 rings (SSSR count). The minimum atomic E-state index is -0.812. The standard InChI is InChI=1S/C24H23ClFN5O2.C22H19ClFN5O2/c1-2-33-24(32)19-12-3-5-13(6-4-12)20(19)31-11-18(26)17-10-29-22(30-23(17)31)16-9-28-21-15(16)7-14(25)8-27-21;23-12-5-13-14(7-26-19(13)25-6-12)20-27-8-15-16(24)9-29(21(15)28-20)18-11-3-1-10(2-4-11)17(18)22(30)31/h7-13,19-20H,2-6H2,1H3,(H,27,28);5-11,17-18H,1-4H2,(H,25,26)(H,30,31)/t12?,13?,19-,20-;10?,11?,17-,18-/m00/s1. The van der Waals surface area contributed by atoms with Crippen molar-refractivity contribution in [3.8, 4) is 22.8 Å². The zero-order valence-corrected chi connectivity index (χ0v) is 36.0. The van der Waals surface area contributed by atoms with E-state index < -0.39 is 17.7 Å². The van der Waals surface area contributed by atoms with Gasteiger partial charge in [0.2, 0.25) is 0 Å². The molecular weight excluding hydrogens is 865 g/mol. The predicted molar refractivity (Wildman–Crippen MR) is 235 cm³/mol. The molecule has 6 saturated carbocycles. The van der Waals surface area contributed by atoms with Crippen LogP contribution < -0.4 is 0 Å². The third kappa shape index (κ3) is 6.70. The minimum absolute atomic E-state index is 0.121. The van der Waals surface area contributed by atoms with Gasteiger partial charge in [0, 0.05) is 71.5 Å². The number of carboxylic acids is 1. The number of hydrogen-bond donors (Lipinski definition) is 3. The Kier molecular flexibility index (Phi) is 10.1. The molecule has 4 bridgehead atoms. The van der Waals surface area contributed by atoms with Gasteiger partial charge < -0.3 is 28.9 Å². The van der Waals surface area contributed by atoms with E-state index in [-0.39, 0.29) is 53.5 Å². The molecule has 0 amide bonds. The van der Waals surface area contributed by atoms with E-state index >= 15 is 4.39 Å². The first-order valence-electron chi connectivity index (χ1n) is 21.8. The largest absolute Gasteiger partial charge is 0.481 e. The van der Waals surface area contributed by atoms with Crippen LogP contribution in [-0.2, 0) is 14.3 Å². The van der Waals surface area contributed by atoms with Crippen LogP contribution in [-0.4, -0.2) is 72.7 Å². The summed E-state index contributed by atoms with van der Waals surface area (Å²) in [5.74, 6) is -0.915. The Morgan fingerprint density at radius 3 is 1.56 bits per heavy atom. The highest BCUT2D eigenvalue weighted by atomic mass is 35.5. The second kappa shape index (κ2) is 15.9. The highest BCUT2D eigenvalue weighted by Gasteiger charge is 2.50. The molecule has 0 spiro atoms. The summed E-state index contributed by atoms with van der Waals surface area (Å²) in [6.07, 6.45) is 20.4. The highest BCUT2D eigenvalue weighted by Crippen LogP contribution is 2.54. The molecule has 0 saturated heterocycles. The van der Waals surface area contributed by atoms with Crippen LogP contribution in [0.3, 0.4) is 0 Å². The molecule has 0 aliphatic heterocycles. The number of nitrogens with one attached hydrogen (secondary N) is 2. The summed E-state index contributed by atoms with van der Waals surface area (Å²) < 4.78 is 38.9. The van der Waals surface area contributed by atoms with E-state index in [2.05, 4.69) is 29.9 Å². The number of esters is 1. The van der Waals surface area contributed by atoms with Crippen LogP contribution in [0, 0.1) is 47.1 Å². The van der Waals surface area contributed by atoms with Crippen molar-refractivity contribution in [1.82, 2.24) is 49.0 Å². The molecule has 6 aliphatic rings. The summed E-state index contributed by atoms with van der Waals surface area (Å²) in [5, 5.41) is 13.2. The SMILES string of the molecule is CCOC(=O)[C@H]1C2CCC(CC2)[C@@H]1n1cc(F)c2cnc(-c3c[nH]c4ncc(Cl)cc34)nc21.O=C(O)[C@H]1C2CCC(CC2)[C@@H]1n1cc(F)c2cnc(-c3c[nH]c4ncc(Cl)cc34)nc21. The molecule has 3 N–H and O–H groups in total. The molecule has 0 radical (unpaired) electrons. The lowest BCUT2D eigenvalue weighted by molar-refractivity contribution is -0.157. The smallest absolute Gasteiger partial charge is 0.311 e. The Labute approximate surface area is 373 Å². The molecule has 8 aromatic rings. The van der Waals surface area contributed by atoms with Crippen LogP contribution in [0.25, 0.3) is 66.9 Å². The number of halogens is 4. The molecule has 64 heavy (non-hydrogen) atoms. The van der Waals surface area contributed by atoms with Gasteiger partial charge in [-0.3, -0.25) is 9.59 Å². The maximum absolute atomic E-state index is 15.0. The zero-order valence-electron chi connectivity index (χ0n) is 34.5. The lowest BCUT2D eigenvalue weighted by Gasteiger charge is -2.47. The third-order valence-electron chi connectivity index (χ3n) is 14.4. The number of aromatic amines is 2. The molecule has 0 unspecified atom stereocenters. The summed E-state index contributed by atoms with van der Waals surface area (Å²) in [6, 6.07) is 3.10. The number of hydrogen-bond acceptors (Lipinski definition) is 9. The van der Waals surface area contributed by atoms with Gasteiger partial charge in [-0.15, -0.1) is 0 Å². The number of ether oxygens (including phenoxy) is 1. The van der Waals surface area contributed by atoms with Crippen molar-refractivity contribution in [2.24, 2.45) is 35.5 Å². The average Bonchev–Trinajstić information content (AvgIpc) is 4.09. The Morgan fingerprint density at radius 1 is 0.672 bits per heavy atom. The van der Waals surface area contributed by atoms with Crippen molar-refractivity contribution in [2.75, 3.05) is 6.61 Å². The van der Waals surface area contributed by atoms with Crippen molar-refractivity contribution < 1.29 is 28.2 Å². The zero-order chi connectivity index (χ0) is 44.0. The molecule has 8 aromatic heterocycles. The second-order valence-electron chi connectivity index (χ2n) is 17.6. The monoisotopic (exact) mass is 906 g/mol. The first kappa shape index (κ1) is 40.8. The van der Waals surface area contributed by atoms with Crippen LogP contribution >= 0.6 is 23.2 Å². The number of carbonyl (C=O) groups excluding carboxylic acids is 1. The molecular formula is C46H42Cl2F2N10O4. The van der Waals surface area contributed by atoms with Gasteiger partial charge in [0.1, 0.15) is 22.6 Å². The lowest BCUT2D eigenvalue weighted by atomic mass is 9.61. The molecule has 328 valence electrons. The first-order chi connectivity index (χ1) is 31.1. The van der Waals surface area contributed by atoms with Crippen molar-refractivity contribution in [3.05, 3.63) is 83.4 Å². The maximum atomic E-state index is 15.0. The van der Waals surface area contributed by atoms with Gasteiger partial charge in [-0.1, -0.05) is 23.2 Å². The Morgan fingerprint density at radius 2 is 1.11 bits per heavy atom. The number of carbonyl (C=O) groups is 2. The normalized spacial score (nSPS) is 25.0. The molecule has 0 aromatic carbocycles. The number of carboxylic acid groups (broad SMARTS) is 1. The molecule has 4 atom stereocenters. The van der Waals surface area contributed by atoms with Gasteiger partial charge >= 0.3 is 11.9 Å². The fourth-order valence-electron chi connectivity index (χ4n) is 11.6. The summed E-state index contributed by atoms with van der Waals surface area (Å²) in [5.41, 5.74) is 3.69. The molecule has 6 aliphatic carbocycles. The number of pyridine rings is 2. The van der Waals surface area contributed by atoms with Gasteiger partial charge in [-0.2, -0.15) is 0 Å². The van der Waals surface area contributed by atoms with Crippen LogP contribution in [0.15, 0.2) is 61.7 Å². The number of nitrogens with zero attached hydrogens (tertiary/aromatic N) is 8. The molecule has 8 heterocycles. The van der Waals surface area contributed by atoms with Crippen LogP contribution in [0.1, 0.15) is 70.4 Å². The predicted octanol–water partition coefficient (Wildman–Crippen LogP) is 10.1.